The maximum atomic E-state index is 14.6. The van der Waals surface area contributed by atoms with Gasteiger partial charge in [0.05, 0.1) is 34.5 Å². The number of hydrogen-bond acceptors (Lipinski definition) is 5. The Morgan fingerprint density at radius 3 is 2.72 bits per heavy atom. The van der Waals surface area contributed by atoms with Gasteiger partial charge in [-0.15, -0.1) is 11.3 Å². The zero-order valence-corrected chi connectivity index (χ0v) is 20.5. The Morgan fingerprint density at radius 1 is 1.19 bits per heavy atom. The summed E-state index contributed by atoms with van der Waals surface area (Å²) in [7, 11) is 0. The molecule has 1 unspecified atom stereocenters. The number of hydrogen-bond donors (Lipinski definition) is 0. The Labute approximate surface area is 211 Å². The smallest absolute Gasteiger partial charge is 0.264 e. The highest BCUT2D eigenvalue weighted by Gasteiger charge is 2.28. The standard InChI is InChI=1S/C27H25F2N3O3S/c1-18-22(17-31(16-21-9-5-13-34-21)26(33)25-10-6-14-36-25)27(32(30-18)20-7-3-2-4-8-20)35-24-12-11-19(28)15-23(24)29/h2-4,6-8,10-12,14-15,21H,5,9,13,16-17H2,1H3. The van der Waals surface area contributed by atoms with Crippen LogP contribution in [0.25, 0.3) is 5.69 Å². The molecule has 5 rings (SSSR count). The van der Waals surface area contributed by atoms with Crippen LogP contribution in [0.1, 0.15) is 33.8 Å². The summed E-state index contributed by atoms with van der Waals surface area (Å²) in [6, 6.07) is 16.1. The predicted molar refractivity (Wildman–Crippen MR) is 133 cm³/mol. The van der Waals surface area contributed by atoms with Crippen molar-refractivity contribution >= 4 is 17.2 Å². The van der Waals surface area contributed by atoms with Crippen molar-refractivity contribution in [2.75, 3.05) is 13.2 Å². The maximum Gasteiger partial charge on any atom is 0.264 e. The molecular formula is C27H25F2N3O3S. The minimum atomic E-state index is -0.828. The highest BCUT2D eigenvalue weighted by atomic mass is 32.1. The average molecular weight is 510 g/mol. The summed E-state index contributed by atoms with van der Waals surface area (Å²) in [6.07, 6.45) is 1.77. The van der Waals surface area contributed by atoms with Crippen molar-refractivity contribution in [3.8, 4) is 17.3 Å². The van der Waals surface area contributed by atoms with E-state index in [0.29, 0.717) is 35.0 Å². The quantitative estimate of drug-likeness (QED) is 0.287. The molecule has 0 bridgehead atoms. The lowest BCUT2D eigenvalue weighted by Gasteiger charge is -2.25. The number of aryl methyl sites for hydroxylation is 1. The van der Waals surface area contributed by atoms with Gasteiger partial charge in [0.1, 0.15) is 5.82 Å². The second-order valence-corrected chi connectivity index (χ2v) is 9.54. The van der Waals surface area contributed by atoms with Gasteiger partial charge in [0.25, 0.3) is 5.91 Å². The van der Waals surface area contributed by atoms with Crippen molar-refractivity contribution in [1.82, 2.24) is 14.7 Å². The summed E-state index contributed by atoms with van der Waals surface area (Å²) in [5, 5.41) is 6.52. The van der Waals surface area contributed by atoms with Gasteiger partial charge in [-0.05, 0) is 55.5 Å². The number of carbonyl (C=O) groups is 1. The van der Waals surface area contributed by atoms with Crippen LogP contribution in [0.4, 0.5) is 8.78 Å². The van der Waals surface area contributed by atoms with Crippen molar-refractivity contribution in [1.29, 1.82) is 0 Å². The van der Waals surface area contributed by atoms with Gasteiger partial charge in [0.15, 0.2) is 11.6 Å². The molecule has 0 radical (unpaired) electrons. The molecule has 9 heteroatoms. The number of carbonyl (C=O) groups excluding carboxylic acids is 1. The molecule has 186 valence electrons. The zero-order valence-electron chi connectivity index (χ0n) is 19.7. The van der Waals surface area contributed by atoms with Gasteiger partial charge in [-0.3, -0.25) is 4.79 Å². The van der Waals surface area contributed by atoms with Crippen LogP contribution in [0.5, 0.6) is 11.6 Å². The first-order valence-electron chi connectivity index (χ1n) is 11.7. The van der Waals surface area contributed by atoms with Crippen LogP contribution in [-0.2, 0) is 11.3 Å². The Kier molecular flexibility index (Phi) is 7.11. The van der Waals surface area contributed by atoms with E-state index in [-0.39, 0.29) is 30.2 Å². The number of benzene rings is 2. The van der Waals surface area contributed by atoms with Crippen molar-refractivity contribution in [2.45, 2.75) is 32.4 Å². The number of thiophene rings is 1. The molecular weight excluding hydrogens is 484 g/mol. The monoisotopic (exact) mass is 509 g/mol. The molecule has 3 heterocycles. The van der Waals surface area contributed by atoms with E-state index in [1.165, 1.54) is 17.4 Å². The summed E-state index contributed by atoms with van der Waals surface area (Å²) in [4.78, 5) is 15.8. The largest absolute Gasteiger partial charge is 0.435 e. The molecule has 1 atom stereocenters. The van der Waals surface area contributed by atoms with Crippen molar-refractivity contribution in [3.05, 3.63) is 93.8 Å². The number of para-hydroxylation sites is 1. The molecule has 0 spiro atoms. The van der Waals surface area contributed by atoms with E-state index in [9.17, 15) is 13.6 Å². The molecule has 0 aliphatic carbocycles. The minimum absolute atomic E-state index is 0.0581. The molecule has 1 saturated heterocycles. The third kappa shape index (κ3) is 5.17. The summed E-state index contributed by atoms with van der Waals surface area (Å²) in [5.74, 6) is -1.51. The molecule has 1 aliphatic heterocycles. The third-order valence-electron chi connectivity index (χ3n) is 6.05. The van der Waals surface area contributed by atoms with Gasteiger partial charge in [-0.25, -0.2) is 13.5 Å². The second-order valence-electron chi connectivity index (χ2n) is 8.59. The lowest BCUT2D eigenvalue weighted by Crippen LogP contribution is -2.36. The normalized spacial score (nSPS) is 15.2. The van der Waals surface area contributed by atoms with Crippen LogP contribution in [0, 0.1) is 18.6 Å². The fourth-order valence-electron chi connectivity index (χ4n) is 4.23. The first-order valence-corrected chi connectivity index (χ1v) is 12.6. The number of rotatable bonds is 8. The Hall–Kier alpha value is -3.56. The minimum Gasteiger partial charge on any atom is -0.435 e. The van der Waals surface area contributed by atoms with E-state index < -0.39 is 11.6 Å². The fraction of sp³-hybridized carbons (Fsp3) is 0.259. The van der Waals surface area contributed by atoms with Gasteiger partial charge in [0.2, 0.25) is 5.88 Å². The van der Waals surface area contributed by atoms with Gasteiger partial charge in [0, 0.05) is 19.2 Å². The van der Waals surface area contributed by atoms with Crippen molar-refractivity contribution in [3.63, 3.8) is 0 Å². The highest BCUT2D eigenvalue weighted by molar-refractivity contribution is 7.12. The van der Waals surface area contributed by atoms with E-state index in [2.05, 4.69) is 5.10 Å². The van der Waals surface area contributed by atoms with Crippen LogP contribution in [0.2, 0.25) is 0 Å². The van der Waals surface area contributed by atoms with Crippen LogP contribution in [0.3, 0.4) is 0 Å². The summed E-state index contributed by atoms with van der Waals surface area (Å²) in [5.41, 5.74) is 1.97. The van der Waals surface area contributed by atoms with E-state index in [1.807, 2.05) is 48.7 Å². The molecule has 1 fully saturated rings. The van der Waals surface area contributed by atoms with Gasteiger partial charge in [-0.2, -0.15) is 5.10 Å². The number of nitrogens with zero attached hydrogens (tertiary/aromatic N) is 3. The Bertz CT molecular complexity index is 1340. The van der Waals surface area contributed by atoms with Crippen molar-refractivity contribution in [2.24, 2.45) is 0 Å². The molecule has 6 nitrogen and oxygen atoms in total. The van der Waals surface area contributed by atoms with Gasteiger partial charge >= 0.3 is 0 Å². The van der Waals surface area contributed by atoms with Gasteiger partial charge in [-0.1, -0.05) is 24.3 Å². The highest BCUT2D eigenvalue weighted by Crippen LogP contribution is 2.33. The molecule has 0 N–H and O–H groups in total. The zero-order chi connectivity index (χ0) is 25.1. The molecule has 4 aromatic rings. The van der Waals surface area contributed by atoms with Crippen LogP contribution >= 0.6 is 11.3 Å². The summed E-state index contributed by atoms with van der Waals surface area (Å²) >= 11 is 1.38. The van der Waals surface area contributed by atoms with E-state index >= 15 is 0 Å². The maximum absolute atomic E-state index is 14.6. The van der Waals surface area contributed by atoms with Crippen LogP contribution in [0.15, 0.2) is 66.0 Å². The molecule has 2 aromatic heterocycles. The Morgan fingerprint density at radius 2 is 2.03 bits per heavy atom. The number of amides is 1. The van der Waals surface area contributed by atoms with Crippen LogP contribution in [-0.4, -0.2) is 39.8 Å². The number of aromatic nitrogens is 2. The van der Waals surface area contributed by atoms with E-state index in [1.54, 1.807) is 15.6 Å². The first kappa shape index (κ1) is 24.1. The van der Waals surface area contributed by atoms with Crippen LogP contribution < -0.4 is 4.74 Å². The lowest BCUT2D eigenvalue weighted by molar-refractivity contribution is 0.0509. The lowest BCUT2D eigenvalue weighted by atomic mass is 10.2. The second kappa shape index (κ2) is 10.6. The summed E-state index contributed by atoms with van der Waals surface area (Å²) < 4.78 is 41.5. The average Bonchev–Trinajstić information content (AvgIpc) is 3.64. The molecule has 2 aromatic carbocycles. The Balaban J connectivity index is 1.55. The molecule has 1 aliphatic rings. The number of ether oxygens (including phenoxy) is 2. The molecule has 0 saturated carbocycles. The van der Waals surface area contributed by atoms with E-state index in [4.69, 9.17) is 9.47 Å². The molecule has 36 heavy (non-hydrogen) atoms. The number of halogens is 2. The first-order chi connectivity index (χ1) is 17.5. The predicted octanol–water partition coefficient (Wildman–Crippen LogP) is 6.13. The SMILES string of the molecule is Cc1nn(-c2ccccc2)c(Oc2ccc(F)cc2F)c1CN(CC1CCCO1)C(=O)c1cccs1. The fourth-order valence-corrected chi connectivity index (χ4v) is 4.92. The van der Waals surface area contributed by atoms with Crippen molar-refractivity contribution < 1.29 is 23.0 Å². The molecule has 1 amide bonds. The summed E-state index contributed by atoms with van der Waals surface area (Å²) in [6.45, 7) is 3.10. The third-order valence-corrected chi connectivity index (χ3v) is 6.91. The van der Waals surface area contributed by atoms with Gasteiger partial charge < -0.3 is 14.4 Å². The topological polar surface area (TPSA) is 56.6 Å². The van der Waals surface area contributed by atoms with E-state index in [0.717, 1.165) is 25.0 Å².